The van der Waals surface area contributed by atoms with Crippen LogP contribution in [0.15, 0.2) is 28.3 Å². The summed E-state index contributed by atoms with van der Waals surface area (Å²) in [5.41, 5.74) is 2.39. The summed E-state index contributed by atoms with van der Waals surface area (Å²) in [6.45, 7) is 1.41. The van der Waals surface area contributed by atoms with E-state index in [9.17, 15) is 8.78 Å². The Morgan fingerprint density at radius 1 is 1.35 bits per heavy atom. The summed E-state index contributed by atoms with van der Waals surface area (Å²) in [6.07, 6.45) is 1.09. The maximum Gasteiger partial charge on any atom is 0.212 e. The first kappa shape index (κ1) is 13.4. The highest BCUT2D eigenvalue weighted by Gasteiger charge is 2.06. The molecule has 0 fully saturated rings. The zero-order valence-corrected chi connectivity index (χ0v) is 9.60. The molecule has 0 saturated heterocycles. The van der Waals surface area contributed by atoms with Crippen molar-refractivity contribution < 1.29 is 8.78 Å². The average molecular weight is 261 g/mol. The summed E-state index contributed by atoms with van der Waals surface area (Å²) in [6, 6.07) is 3.66. The van der Waals surface area contributed by atoms with E-state index in [2.05, 4.69) is 20.8 Å². The predicted molar refractivity (Wildman–Crippen MR) is 64.6 cm³/mol. The Balaban J connectivity index is 0.00000144. The number of nitrogens with one attached hydrogen (secondary N) is 2. The van der Waals surface area contributed by atoms with Crippen LogP contribution in [0.25, 0.3) is 0 Å². The molecule has 0 radical (unpaired) electrons. The van der Waals surface area contributed by atoms with Gasteiger partial charge >= 0.3 is 0 Å². The number of guanidine groups is 1. The highest BCUT2D eigenvalue weighted by atomic mass is 35.5. The van der Waals surface area contributed by atoms with E-state index in [4.69, 9.17) is 0 Å². The minimum absolute atomic E-state index is 0. The van der Waals surface area contributed by atoms with Crippen LogP contribution in [0, 0.1) is 11.6 Å². The molecule has 0 aromatic heterocycles. The molecule has 1 heterocycles. The van der Waals surface area contributed by atoms with Crippen molar-refractivity contribution in [2.45, 2.75) is 0 Å². The van der Waals surface area contributed by atoms with Crippen LogP contribution >= 0.6 is 12.4 Å². The molecule has 1 aromatic rings. The van der Waals surface area contributed by atoms with Gasteiger partial charge in [-0.2, -0.15) is 5.10 Å². The van der Waals surface area contributed by atoms with Crippen LogP contribution in [0.3, 0.4) is 0 Å². The van der Waals surface area contributed by atoms with Crippen molar-refractivity contribution in [3.8, 4) is 0 Å². The van der Waals surface area contributed by atoms with Crippen LogP contribution in [-0.4, -0.2) is 25.3 Å². The second-order valence-electron chi connectivity index (χ2n) is 3.16. The summed E-state index contributed by atoms with van der Waals surface area (Å²) < 4.78 is 26.3. The Morgan fingerprint density at radius 3 is 2.65 bits per heavy atom. The van der Waals surface area contributed by atoms with E-state index < -0.39 is 11.6 Å². The van der Waals surface area contributed by atoms with Crippen LogP contribution in [-0.2, 0) is 0 Å². The Labute approximate surface area is 103 Å². The maximum atomic E-state index is 13.1. The van der Waals surface area contributed by atoms with Crippen molar-refractivity contribution >= 4 is 24.6 Å². The highest BCUT2D eigenvalue weighted by Crippen LogP contribution is 2.08. The number of hydrogen-bond acceptors (Lipinski definition) is 4. The largest absolute Gasteiger partial charge is 0.353 e. The molecule has 0 atom stereocenters. The van der Waals surface area contributed by atoms with Crippen molar-refractivity contribution in [3.05, 3.63) is 35.4 Å². The number of rotatable bonds is 2. The standard InChI is InChI=1S/C10H10F2N4.ClH/c11-8-2-1-3-9(12)7(8)6-15-16-10-13-4-5-14-10;/h1-3,6H,4-5H2,(H2,13,14,16);1H/b15-6+;. The van der Waals surface area contributed by atoms with Crippen LogP contribution in [0.2, 0.25) is 0 Å². The fourth-order valence-corrected chi connectivity index (χ4v) is 1.26. The molecular formula is C10H11ClF2N4. The third-order valence-electron chi connectivity index (χ3n) is 2.04. The van der Waals surface area contributed by atoms with E-state index in [0.717, 1.165) is 12.8 Å². The normalized spacial score (nSPS) is 14.1. The molecule has 0 bridgehead atoms. The molecule has 0 saturated carbocycles. The fourth-order valence-electron chi connectivity index (χ4n) is 1.26. The summed E-state index contributed by atoms with van der Waals surface area (Å²) >= 11 is 0. The maximum absolute atomic E-state index is 13.1. The lowest BCUT2D eigenvalue weighted by Crippen LogP contribution is -2.30. The first-order chi connectivity index (χ1) is 7.77. The van der Waals surface area contributed by atoms with Gasteiger partial charge in [-0.15, -0.1) is 12.4 Å². The van der Waals surface area contributed by atoms with Crippen molar-refractivity contribution in [1.82, 2.24) is 10.7 Å². The van der Waals surface area contributed by atoms with Gasteiger partial charge in [0.25, 0.3) is 0 Å². The zero-order chi connectivity index (χ0) is 11.4. The van der Waals surface area contributed by atoms with Gasteiger partial charge < -0.3 is 5.32 Å². The molecule has 1 aliphatic rings. The molecule has 0 spiro atoms. The lowest BCUT2D eigenvalue weighted by molar-refractivity contribution is 0.580. The van der Waals surface area contributed by atoms with Gasteiger partial charge in [-0.05, 0) is 12.1 Å². The number of nitrogens with zero attached hydrogens (tertiary/aromatic N) is 2. The lowest BCUT2D eigenvalue weighted by atomic mass is 10.2. The number of benzene rings is 1. The van der Waals surface area contributed by atoms with Gasteiger partial charge in [-0.3, -0.25) is 0 Å². The molecule has 92 valence electrons. The predicted octanol–water partition coefficient (Wildman–Crippen LogP) is 1.27. The van der Waals surface area contributed by atoms with Crippen LogP contribution in [0.4, 0.5) is 8.78 Å². The topological polar surface area (TPSA) is 48.8 Å². The lowest BCUT2D eigenvalue weighted by Gasteiger charge is -2.00. The third-order valence-corrected chi connectivity index (χ3v) is 2.04. The summed E-state index contributed by atoms with van der Waals surface area (Å²) in [4.78, 5) is 4.00. The van der Waals surface area contributed by atoms with Gasteiger partial charge in [0.15, 0.2) is 0 Å². The molecule has 2 N–H and O–H groups in total. The summed E-state index contributed by atoms with van der Waals surface area (Å²) in [5.74, 6) is -0.785. The minimum Gasteiger partial charge on any atom is -0.353 e. The number of hydrogen-bond donors (Lipinski definition) is 2. The van der Waals surface area contributed by atoms with Gasteiger partial charge in [0.2, 0.25) is 5.96 Å². The molecule has 2 rings (SSSR count). The van der Waals surface area contributed by atoms with E-state index in [0.29, 0.717) is 12.5 Å². The van der Waals surface area contributed by atoms with Gasteiger partial charge in [0.1, 0.15) is 11.6 Å². The Hall–Kier alpha value is -1.69. The van der Waals surface area contributed by atoms with E-state index in [1.807, 2.05) is 0 Å². The molecule has 0 amide bonds. The molecular weight excluding hydrogens is 250 g/mol. The SMILES string of the molecule is Cl.Fc1cccc(F)c1/C=N/NC1=NCCN1. The number of hydrazone groups is 1. The van der Waals surface area contributed by atoms with E-state index in [1.165, 1.54) is 18.2 Å². The average Bonchev–Trinajstić information content (AvgIpc) is 2.75. The second kappa shape index (κ2) is 6.15. The molecule has 4 nitrogen and oxygen atoms in total. The van der Waals surface area contributed by atoms with E-state index in [1.54, 1.807) is 0 Å². The van der Waals surface area contributed by atoms with E-state index >= 15 is 0 Å². The first-order valence-electron chi connectivity index (χ1n) is 4.79. The van der Waals surface area contributed by atoms with Gasteiger partial charge in [-0.1, -0.05) is 6.07 Å². The van der Waals surface area contributed by atoms with Crippen LogP contribution in [0.1, 0.15) is 5.56 Å². The van der Waals surface area contributed by atoms with Crippen molar-refractivity contribution in [2.24, 2.45) is 10.1 Å². The number of halogens is 3. The smallest absolute Gasteiger partial charge is 0.212 e. The molecule has 1 aliphatic heterocycles. The molecule has 0 aliphatic carbocycles. The van der Waals surface area contributed by atoms with Crippen molar-refractivity contribution in [1.29, 1.82) is 0 Å². The van der Waals surface area contributed by atoms with Gasteiger partial charge in [0, 0.05) is 6.54 Å². The van der Waals surface area contributed by atoms with Gasteiger partial charge in [-0.25, -0.2) is 19.2 Å². The van der Waals surface area contributed by atoms with E-state index in [-0.39, 0.29) is 18.0 Å². The Kier molecular flexibility index (Phi) is 4.84. The zero-order valence-electron chi connectivity index (χ0n) is 8.78. The minimum atomic E-state index is -0.646. The summed E-state index contributed by atoms with van der Waals surface area (Å²) in [5, 5.41) is 6.61. The van der Waals surface area contributed by atoms with Crippen LogP contribution < -0.4 is 10.7 Å². The quantitative estimate of drug-likeness (QED) is 0.621. The second-order valence-corrected chi connectivity index (χ2v) is 3.16. The van der Waals surface area contributed by atoms with Crippen molar-refractivity contribution in [2.75, 3.05) is 13.1 Å². The Morgan fingerprint density at radius 2 is 2.06 bits per heavy atom. The third kappa shape index (κ3) is 3.39. The van der Waals surface area contributed by atoms with Gasteiger partial charge in [0.05, 0.1) is 18.3 Å². The monoisotopic (exact) mass is 260 g/mol. The molecule has 1 aromatic carbocycles. The first-order valence-corrected chi connectivity index (χ1v) is 4.79. The Bertz CT molecular complexity index is 428. The molecule has 17 heavy (non-hydrogen) atoms. The van der Waals surface area contributed by atoms with Crippen LogP contribution in [0.5, 0.6) is 0 Å². The molecule has 0 unspecified atom stereocenters. The summed E-state index contributed by atoms with van der Waals surface area (Å²) in [7, 11) is 0. The fraction of sp³-hybridized carbons (Fsp3) is 0.200. The number of aliphatic imine (C=N–C) groups is 1. The molecule has 7 heteroatoms. The van der Waals surface area contributed by atoms with Crippen molar-refractivity contribution in [3.63, 3.8) is 0 Å². The highest BCUT2D eigenvalue weighted by molar-refractivity contribution is 5.85.